The van der Waals surface area contributed by atoms with Crippen LogP contribution in [0.3, 0.4) is 0 Å². The number of hydrogen-bond acceptors (Lipinski definition) is 8. The first kappa shape index (κ1) is 58.7. The maximum Gasteiger partial charge on any atom is 0.266 e. The lowest BCUT2D eigenvalue weighted by Crippen LogP contribution is -2.41. The molecule has 0 spiro atoms. The summed E-state index contributed by atoms with van der Waals surface area (Å²) in [4.78, 5) is 118. The van der Waals surface area contributed by atoms with E-state index in [4.69, 9.17) is 0 Å². The van der Waals surface area contributed by atoms with Crippen LogP contribution in [-0.2, 0) is 0 Å². The Morgan fingerprint density at radius 2 is 0.350 bits per heavy atom. The zero-order chi connectivity index (χ0) is 67.6. The van der Waals surface area contributed by atoms with Crippen LogP contribution in [0.25, 0.3) is 98.4 Å². The summed E-state index contributed by atoms with van der Waals surface area (Å²) in [5, 5.41) is 6.97. The number of fused-ring (bicyclic) bond motifs is 1. The summed E-state index contributed by atoms with van der Waals surface area (Å²) in [5.41, 5.74) is 12.6. The van der Waals surface area contributed by atoms with Gasteiger partial charge in [0, 0.05) is 76.8 Å². The zero-order valence-corrected chi connectivity index (χ0v) is 52.9. The molecule has 0 aliphatic carbocycles. The van der Waals surface area contributed by atoms with Gasteiger partial charge < -0.3 is 0 Å². The molecule has 470 valence electrons. The Kier molecular flexibility index (Phi) is 13.5. The summed E-state index contributed by atoms with van der Waals surface area (Å²) < 4.78 is 0. The number of amides is 8. The molecule has 100 heavy (non-hydrogen) atoms. The van der Waals surface area contributed by atoms with Crippen LogP contribution in [0.4, 0.5) is 22.7 Å². The van der Waals surface area contributed by atoms with E-state index in [1.165, 1.54) is 9.80 Å². The van der Waals surface area contributed by atoms with Crippen molar-refractivity contribution in [2.75, 3.05) is 19.6 Å². The lowest BCUT2D eigenvalue weighted by molar-refractivity contribution is 0.0876. The Morgan fingerprint density at radius 3 is 0.600 bits per heavy atom. The second-order valence-electron chi connectivity index (χ2n) is 25.0. The number of rotatable bonds is 8. The number of nitrogens with zero attached hydrogens (tertiary/aromatic N) is 4. The highest BCUT2D eigenvalue weighted by Gasteiger charge is 2.41. The van der Waals surface area contributed by atoms with Gasteiger partial charge >= 0.3 is 0 Å². The molecular weight excluding hydrogens is 1240 g/mol. The largest absolute Gasteiger partial charge is 0.268 e. The van der Waals surface area contributed by atoms with Crippen molar-refractivity contribution in [2.24, 2.45) is 0 Å². The molecule has 0 bridgehead atoms. The van der Waals surface area contributed by atoms with Crippen LogP contribution in [0.5, 0.6) is 0 Å². The standard InChI is InChI=1S/C46H26N2O4.C42H24N2O4/c49-43-35-19-9-17-33-29(27-11-3-1-4-12-27)21-23-37(41(33)35)45(51)47(43)39-25-26-40(32-16-8-7-15-31(32)39)48-44(50)36-20-10-18-34-30(28-13-5-2-6-14-28)22-24-38(42(34)36)46(48)52;45-39-33-15-7-13-31-29(25-9-3-1-4-10-25)21-23-35(37(31)33)41(47)43(39)27-17-19-28(20-18-27)44-40(46)34-16-8-14-32-30(26-11-5-2-6-12-26)22-24-36(38(32)34)42(44)48/h1-26H;1-24H. The molecule has 0 aromatic heterocycles. The van der Waals surface area contributed by atoms with Gasteiger partial charge in [-0.2, -0.15) is 0 Å². The van der Waals surface area contributed by atoms with Gasteiger partial charge in [-0.3, -0.25) is 38.4 Å². The molecule has 12 heteroatoms. The van der Waals surface area contributed by atoms with E-state index in [9.17, 15) is 38.4 Å². The first-order valence-electron chi connectivity index (χ1n) is 32.6. The molecule has 0 radical (unpaired) electrons. The van der Waals surface area contributed by atoms with Crippen molar-refractivity contribution in [3.8, 4) is 44.5 Å². The van der Waals surface area contributed by atoms with Crippen molar-refractivity contribution >= 4 is 124 Å². The third-order valence-electron chi connectivity index (χ3n) is 19.7. The van der Waals surface area contributed by atoms with Gasteiger partial charge in [0.25, 0.3) is 47.3 Å². The summed E-state index contributed by atoms with van der Waals surface area (Å²) in [5.74, 6) is -3.49. The molecule has 4 heterocycles. The number of hydrogen-bond donors (Lipinski definition) is 0. The lowest BCUT2D eigenvalue weighted by Gasteiger charge is -2.31. The first-order chi connectivity index (χ1) is 49.0. The Labute approximate surface area is 571 Å². The van der Waals surface area contributed by atoms with E-state index in [1.807, 2.05) is 218 Å². The molecule has 0 saturated heterocycles. The maximum absolute atomic E-state index is 14.4. The van der Waals surface area contributed by atoms with Crippen LogP contribution in [-0.4, -0.2) is 47.3 Å². The minimum Gasteiger partial charge on any atom is -0.268 e. The van der Waals surface area contributed by atoms with Gasteiger partial charge in [0.05, 0.1) is 22.7 Å². The third kappa shape index (κ3) is 8.87. The van der Waals surface area contributed by atoms with Crippen molar-refractivity contribution in [3.63, 3.8) is 0 Å². The smallest absolute Gasteiger partial charge is 0.266 e. The summed E-state index contributed by atoms with van der Waals surface area (Å²) in [6.07, 6.45) is 0. The normalized spacial score (nSPS) is 13.9. The molecule has 0 atom stereocenters. The molecule has 0 unspecified atom stereocenters. The molecular formula is C88H50N4O8. The van der Waals surface area contributed by atoms with E-state index in [2.05, 4.69) is 0 Å². The average molecular weight is 1290 g/mol. The quantitative estimate of drug-likeness (QED) is 0.137. The van der Waals surface area contributed by atoms with Crippen LogP contribution in [0.2, 0.25) is 0 Å². The van der Waals surface area contributed by atoms with Crippen LogP contribution in [0.15, 0.2) is 303 Å². The van der Waals surface area contributed by atoms with E-state index in [1.54, 1.807) is 84.9 Å². The van der Waals surface area contributed by atoms with Crippen LogP contribution < -0.4 is 19.6 Å². The lowest BCUT2D eigenvalue weighted by atomic mass is 9.88. The minimum absolute atomic E-state index is 0.343. The van der Waals surface area contributed by atoms with Crippen LogP contribution in [0, 0.1) is 0 Å². The van der Waals surface area contributed by atoms with Crippen molar-refractivity contribution < 1.29 is 38.4 Å². The predicted octanol–water partition coefficient (Wildman–Crippen LogP) is 19.0. The second-order valence-corrected chi connectivity index (χ2v) is 25.0. The Morgan fingerprint density at radius 1 is 0.150 bits per heavy atom. The third-order valence-corrected chi connectivity index (χ3v) is 19.7. The topological polar surface area (TPSA) is 150 Å². The van der Waals surface area contributed by atoms with Gasteiger partial charge in [-0.15, -0.1) is 0 Å². The molecule has 4 aliphatic heterocycles. The van der Waals surface area contributed by atoms with E-state index in [0.29, 0.717) is 99.6 Å². The summed E-state index contributed by atoms with van der Waals surface area (Å²) in [7, 11) is 0. The second kappa shape index (κ2) is 22.9. The van der Waals surface area contributed by atoms with E-state index in [0.717, 1.165) is 75.9 Å². The molecule has 8 amide bonds. The number of carbonyl (C=O) groups is 8. The van der Waals surface area contributed by atoms with E-state index in [-0.39, 0.29) is 0 Å². The molecule has 19 rings (SSSR count). The van der Waals surface area contributed by atoms with Gasteiger partial charge in [-0.25, -0.2) is 19.6 Å². The van der Waals surface area contributed by atoms with Crippen molar-refractivity contribution in [1.82, 2.24) is 0 Å². The molecule has 15 aromatic rings. The molecule has 0 saturated carbocycles. The number of carbonyl (C=O) groups excluding carboxylic acids is 8. The van der Waals surface area contributed by atoms with Gasteiger partial charge in [0.15, 0.2) is 0 Å². The fraction of sp³-hybridized carbons (Fsp3) is 0. The van der Waals surface area contributed by atoms with Crippen molar-refractivity contribution in [3.05, 3.63) is 348 Å². The Balaban J connectivity index is 0.000000145. The maximum atomic E-state index is 14.4. The number of anilines is 4. The summed E-state index contributed by atoms with van der Waals surface area (Å²) in [6.45, 7) is 0. The number of imide groups is 4. The first-order valence-corrected chi connectivity index (χ1v) is 32.6. The molecule has 0 fully saturated rings. The fourth-order valence-corrected chi connectivity index (χ4v) is 15.2. The average Bonchev–Trinajstić information content (AvgIpc) is 0.742. The summed E-state index contributed by atoms with van der Waals surface area (Å²) in [6, 6.07) is 93.4. The number of benzene rings is 15. The fourth-order valence-electron chi connectivity index (χ4n) is 15.2. The van der Waals surface area contributed by atoms with Crippen LogP contribution in [0.1, 0.15) is 82.9 Å². The molecule has 0 N–H and O–H groups in total. The van der Waals surface area contributed by atoms with Crippen molar-refractivity contribution in [1.29, 1.82) is 0 Å². The minimum atomic E-state index is -0.439. The monoisotopic (exact) mass is 1290 g/mol. The highest BCUT2D eigenvalue weighted by Crippen LogP contribution is 2.46. The zero-order valence-electron chi connectivity index (χ0n) is 52.9. The molecule has 4 aliphatic rings. The Bertz CT molecular complexity index is 5690. The van der Waals surface area contributed by atoms with E-state index >= 15 is 0 Å². The highest BCUT2D eigenvalue weighted by molar-refractivity contribution is 6.42. The molecule has 12 nitrogen and oxygen atoms in total. The van der Waals surface area contributed by atoms with Gasteiger partial charge in [-0.1, -0.05) is 218 Å². The SMILES string of the molecule is O=C1c2cccc3c(-c4ccccc4)ccc(c23)C(=O)N1c1ccc(N2C(=O)c3cccc4c(-c5ccccc5)ccc(c34)C2=O)c2ccccc12.O=C1c2cccc3c(-c4ccccc4)ccc(c23)C(=O)N1c1ccc(N2C(=O)c3cccc4c(-c5ccccc5)ccc(c34)C2=O)cc1. The van der Waals surface area contributed by atoms with E-state index < -0.39 is 47.3 Å². The predicted molar refractivity (Wildman–Crippen MR) is 392 cm³/mol. The highest BCUT2D eigenvalue weighted by atomic mass is 16.2. The van der Waals surface area contributed by atoms with Gasteiger partial charge in [-0.05, 0) is 151 Å². The summed E-state index contributed by atoms with van der Waals surface area (Å²) >= 11 is 0. The van der Waals surface area contributed by atoms with Crippen molar-refractivity contribution in [2.45, 2.75) is 0 Å². The Hall–Kier alpha value is -13.8. The van der Waals surface area contributed by atoms with Gasteiger partial charge in [0.2, 0.25) is 0 Å². The molecule has 15 aromatic carbocycles. The van der Waals surface area contributed by atoms with Crippen LogP contribution >= 0.6 is 0 Å². The van der Waals surface area contributed by atoms with Gasteiger partial charge in [0.1, 0.15) is 0 Å².